The molecule has 0 unspecified atom stereocenters. The molecular weight excluding hydrogens is 260 g/mol. The van der Waals surface area contributed by atoms with E-state index in [1.54, 1.807) is 0 Å². The van der Waals surface area contributed by atoms with E-state index in [4.69, 9.17) is 5.11 Å². The summed E-state index contributed by atoms with van der Waals surface area (Å²) in [6, 6.07) is 0. The first-order valence-corrected chi connectivity index (χ1v) is 6.63. The predicted octanol–water partition coefficient (Wildman–Crippen LogP) is -0.522. The van der Waals surface area contributed by atoms with Gasteiger partial charge in [-0.1, -0.05) is 0 Å². The Kier molecular flexibility index (Phi) is 4.56. The van der Waals surface area contributed by atoms with Crippen molar-refractivity contribution in [1.29, 1.82) is 0 Å². The fraction of sp³-hybridized carbons (Fsp3) is 0.444. The molecule has 18 heavy (non-hydrogen) atoms. The summed E-state index contributed by atoms with van der Waals surface area (Å²) < 4.78 is 24.0. The van der Waals surface area contributed by atoms with Crippen LogP contribution in [-0.4, -0.2) is 60.2 Å². The number of hydrogen-bond donors (Lipinski definition) is 2. The van der Waals surface area contributed by atoms with E-state index < -0.39 is 16.0 Å². The minimum atomic E-state index is -3.29. The van der Waals surface area contributed by atoms with Crippen molar-refractivity contribution in [2.75, 3.05) is 31.7 Å². The molecule has 0 atom stereocenters. The first kappa shape index (κ1) is 14.3. The van der Waals surface area contributed by atoms with Crippen molar-refractivity contribution in [3.05, 3.63) is 18.1 Å². The van der Waals surface area contributed by atoms with Gasteiger partial charge in [0.05, 0.1) is 18.1 Å². The van der Waals surface area contributed by atoms with Gasteiger partial charge in [0.15, 0.2) is 5.69 Å². The predicted molar refractivity (Wildman–Crippen MR) is 65.0 cm³/mol. The fourth-order valence-electron chi connectivity index (χ4n) is 1.04. The summed E-state index contributed by atoms with van der Waals surface area (Å²) >= 11 is 0. The summed E-state index contributed by atoms with van der Waals surface area (Å²) in [5, 5.41) is 11.4. The van der Waals surface area contributed by atoms with Gasteiger partial charge in [-0.25, -0.2) is 22.5 Å². The Balaban J connectivity index is 2.60. The molecule has 0 saturated heterocycles. The lowest BCUT2D eigenvalue weighted by molar-refractivity contribution is 0.0690. The van der Waals surface area contributed by atoms with Crippen molar-refractivity contribution >= 4 is 21.8 Å². The van der Waals surface area contributed by atoms with Crippen LogP contribution in [0.4, 0.5) is 5.82 Å². The van der Waals surface area contributed by atoms with Gasteiger partial charge >= 0.3 is 5.97 Å². The van der Waals surface area contributed by atoms with Gasteiger partial charge < -0.3 is 10.4 Å². The van der Waals surface area contributed by atoms with Crippen LogP contribution >= 0.6 is 0 Å². The van der Waals surface area contributed by atoms with Crippen LogP contribution in [0.2, 0.25) is 0 Å². The van der Waals surface area contributed by atoms with Gasteiger partial charge in [-0.15, -0.1) is 0 Å². The molecule has 1 heterocycles. The second-order valence-corrected chi connectivity index (χ2v) is 5.92. The van der Waals surface area contributed by atoms with Crippen LogP contribution < -0.4 is 5.32 Å². The number of carbonyl (C=O) groups is 1. The van der Waals surface area contributed by atoms with E-state index in [0.29, 0.717) is 0 Å². The molecule has 2 N–H and O–H groups in total. The number of hydrogen-bond acceptors (Lipinski definition) is 6. The number of rotatable bonds is 6. The lowest BCUT2D eigenvalue weighted by Gasteiger charge is -2.11. The molecule has 9 heteroatoms. The summed E-state index contributed by atoms with van der Waals surface area (Å²) in [6.07, 6.45) is 2.44. The lowest BCUT2D eigenvalue weighted by Crippen LogP contribution is -2.28. The summed E-state index contributed by atoms with van der Waals surface area (Å²) in [5.41, 5.74) is -0.199. The summed E-state index contributed by atoms with van der Waals surface area (Å²) in [5.74, 6) is -1.07. The van der Waals surface area contributed by atoms with Gasteiger partial charge in [0.25, 0.3) is 0 Å². The minimum absolute atomic E-state index is 0.112. The van der Waals surface area contributed by atoms with Crippen molar-refractivity contribution < 1.29 is 18.3 Å². The van der Waals surface area contributed by atoms with Crippen LogP contribution in [0.25, 0.3) is 0 Å². The average molecular weight is 274 g/mol. The molecule has 0 fully saturated rings. The van der Waals surface area contributed by atoms with E-state index >= 15 is 0 Å². The van der Waals surface area contributed by atoms with Crippen LogP contribution in [0.15, 0.2) is 12.4 Å². The number of sulfonamides is 1. The Labute approximate surface area is 105 Å². The zero-order chi connectivity index (χ0) is 13.8. The molecule has 0 bridgehead atoms. The molecule has 0 aliphatic rings. The number of aromatic carboxylic acids is 1. The number of aromatic nitrogens is 2. The summed E-state index contributed by atoms with van der Waals surface area (Å²) in [7, 11) is -0.399. The zero-order valence-corrected chi connectivity index (χ0v) is 10.8. The van der Waals surface area contributed by atoms with E-state index in [9.17, 15) is 13.2 Å². The smallest absolute Gasteiger partial charge is 0.356 e. The largest absolute Gasteiger partial charge is 0.476 e. The first-order chi connectivity index (χ1) is 8.33. The molecule has 0 radical (unpaired) electrons. The number of carboxylic acids is 1. The van der Waals surface area contributed by atoms with Crippen molar-refractivity contribution in [3.63, 3.8) is 0 Å². The highest BCUT2D eigenvalue weighted by Gasteiger charge is 2.13. The van der Waals surface area contributed by atoms with Gasteiger partial charge in [0.2, 0.25) is 10.0 Å². The summed E-state index contributed by atoms with van der Waals surface area (Å²) in [6.45, 7) is 0.123. The quantitative estimate of drug-likeness (QED) is 0.717. The van der Waals surface area contributed by atoms with Crippen LogP contribution in [0, 0.1) is 0 Å². The van der Waals surface area contributed by atoms with Crippen molar-refractivity contribution in [1.82, 2.24) is 14.3 Å². The van der Waals surface area contributed by atoms with Gasteiger partial charge in [0, 0.05) is 20.6 Å². The lowest BCUT2D eigenvalue weighted by atomic mass is 10.4. The zero-order valence-electron chi connectivity index (χ0n) is 9.99. The Hall–Kier alpha value is -1.74. The molecular formula is C9H14N4O4S. The number of carboxylic acid groups (broad SMARTS) is 1. The number of nitrogens with zero attached hydrogens (tertiary/aromatic N) is 3. The standard InChI is InChI=1S/C9H14N4O4S/c1-13(2)18(16,17)4-3-11-8-6-10-5-7(12-8)9(14)15/h5-6H,3-4H2,1-2H3,(H,11,12)(H,14,15). The highest BCUT2D eigenvalue weighted by atomic mass is 32.2. The Bertz CT molecular complexity index is 529. The molecule has 1 aromatic heterocycles. The number of nitrogens with one attached hydrogen (secondary N) is 1. The third-order valence-corrected chi connectivity index (χ3v) is 3.91. The molecule has 0 aliphatic heterocycles. The van der Waals surface area contributed by atoms with E-state index in [0.717, 1.165) is 10.5 Å². The van der Waals surface area contributed by atoms with Gasteiger partial charge in [-0.05, 0) is 0 Å². The molecule has 0 saturated carbocycles. The Morgan fingerprint density at radius 3 is 2.67 bits per heavy atom. The molecule has 1 rings (SSSR count). The molecule has 100 valence electrons. The third kappa shape index (κ3) is 3.93. The van der Waals surface area contributed by atoms with E-state index in [2.05, 4.69) is 15.3 Å². The minimum Gasteiger partial charge on any atom is -0.476 e. The first-order valence-electron chi connectivity index (χ1n) is 5.02. The molecule has 0 amide bonds. The monoisotopic (exact) mass is 274 g/mol. The summed E-state index contributed by atoms with van der Waals surface area (Å²) in [4.78, 5) is 18.1. The van der Waals surface area contributed by atoms with E-state index in [1.807, 2.05) is 0 Å². The van der Waals surface area contributed by atoms with Crippen molar-refractivity contribution in [3.8, 4) is 0 Å². The molecule has 1 aromatic rings. The Morgan fingerprint density at radius 1 is 1.44 bits per heavy atom. The maximum absolute atomic E-state index is 11.5. The highest BCUT2D eigenvalue weighted by Crippen LogP contribution is 2.02. The Morgan fingerprint density at radius 2 is 2.11 bits per heavy atom. The average Bonchev–Trinajstić information content (AvgIpc) is 2.29. The van der Waals surface area contributed by atoms with Crippen LogP contribution in [0.3, 0.4) is 0 Å². The van der Waals surface area contributed by atoms with E-state index in [-0.39, 0.29) is 23.8 Å². The molecule has 0 aliphatic carbocycles. The molecule has 8 nitrogen and oxygen atoms in total. The van der Waals surface area contributed by atoms with Crippen molar-refractivity contribution in [2.24, 2.45) is 0 Å². The fourth-order valence-corrected chi connectivity index (χ4v) is 1.77. The maximum Gasteiger partial charge on any atom is 0.356 e. The van der Waals surface area contributed by atoms with Crippen LogP contribution in [0.5, 0.6) is 0 Å². The SMILES string of the molecule is CN(C)S(=O)(=O)CCNc1cncc(C(=O)O)n1. The van der Waals surface area contributed by atoms with Gasteiger partial charge in [0.1, 0.15) is 5.82 Å². The van der Waals surface area contributed by atoms with Crippen LogP contribution in [-0.2, 0) is 10.0 Å². The highest BCUT2D eigenvalue weighted by molar-refractivity contribution is 7.89. The van der Waals surface area contributed by atoms with E-state index in [1.165, 1.54) is 20.3 Å². The van der Waals surface area contributed by atoms with Crippen molar-refractivity contribution in [2.45, 2.75) is 0 Å². The normalized spacial score (nSPS) is 11.5. The second-order valence-electron chi connectivity index (χ2n) is 3.62. The second kappa shape index (κ2) is 5.74. The molecule has 0 spiro atoms. The van der Waals surface area contributed by atoms with Gasteiger partial charge in [-0.3, -0.25) is 4.98 Å². The number of anilines is 1. The third-order valence-electron chi connectivity index (χ3n) is 2.08. The maximum atomic E-state index is 11.5. The van der Waals surface area contributed by atoms with Crippen LogP contribution in [0.1, 0.15) is 10.5 Å². The topological polar surface area (TPSA) is 112 Å². The molecule has 0 aromatic carbocycles. The van der Waals surface area contributed by atoms with Gasteiger partial charge in [-0.2, -0.15) is 0 Å².